The van der Waals surface area contributed by atoms with E-state index in [1.165, 1.54) is 7.11 Å². The number of ether oxygens (including phenoxy) is 1. The van der Waals surface area contributed by atoms with Crippen LogP contribution in [0.1, 0.15) is 25.8 Å². The first kappa shape index (κ1) is 15.7. The van der Waals surface area contributed by atoms with Gasteiger partial charge in [0.25, 0.3) is 0 Å². The van der Waals surface area contributed by atoms with Crippen LogP contribution >= 0.6 is 0 Å². The van der Waals surface area contributed by atoms with Crippen molar-refractivity contribution in [1.82, 2.24) is 4.90 Å². The molecule has 19 heavy (non-hydrogen) atoms. The van der Waals surface area contributed by atoms with Crippen LogP contribution in [0, 0.1) is 0 Å². The average molecular weight is 264 g/mol. The lowest BCUT2D eigenvalue weighted by Crippen LogP contribution is -2.54. The molecule has 0 radical (unpaired) electrons. The molecule has 2 N–H and O–H groups in total. The molecule has 0 aliphatic rings. The molecule has 0 fully saturated rings. The van der Waals surface area contributed by atoms with Gasteiger partial charge in [0.2, 0.25) is 0 Å². The molecule has 2 atom stereocenters. The summed E-state index contributed by atoms with van der Waals surface area (Å²) in [5.74, 6) is -0.408. The zero-order chi connectivity index (χ0) is 14.5. The summed E-state index contributed by atoms with van der Waals surface area (Å²) >= 11 is 0. The fraction of sp³-hybridized carbons (Fsp3) is 0.533. The Kier molecular flexibility index (Phi) is 5.51. The van der Waals surface area contributed by atoms with Gasteiger partial charge in [-0.3, -0.25) is 0 Å². The Morgan fingerprint density at radius 2 is 2.00 bits per heavy atom. The molecule has 1 aromatic rings. The summed E-state index contributed by atoms with van der Waals surface area (Å²) in [7, 11) is 3.35. The number of benzene rings is 1. The standard InChI is InChI=1S/C15H24N2O2/c1-5-12(2)17(3)11-15(16,14(18)19-4)13-9-7-6-8-10-13/h6-10,12H,5,11,16H2,1-4H3. The van der Waals surface area contributed by atoms with E-state index in [9.17, 15) is 4.79 Å². The van der Waals surface area contributed by atoms with Crippen molar-refractivity contribution in [2.45, 2.75) is 31.8 Å². The van der Waals surface area contributed by atoms with Crippen molar-refractivity contribution in [3.63, 3.8) is 0 Å². The van der Waals surface area contributed by atoms with E-state index < -0.39 is 11.5 Å². The number of likely N-dealkylation sites (N-methyl/N-ethyl adjacent to an activating group) is 1. The molecule has 0 aliphatic carbocycles. The monoisotopic (exact) mass is 264 g/mol. The largest absolute Gasteiger partial charge is 0.467 e. The quantitative estimate of drug-likeness (QED) is 0.795. The molecule has 0 aliphatic heterocycles. The molecule has 0 amide bonds. The molecule has 1 rings (SSSR count). The van der Waals surface area contributed by atoms with Crippen molar-refractivity contribution in [3.05, 3.63) is 35.9 Å². The van der Waals surface area contributed by atoms with Crippen LogP contribution in [0.5, 0.6) is 0 Å². The van der Waals surface area contributed by atoms with E-state index in [-0.39, 0.29) is 0 Å². The van der Waals surface area contributed by atoms with E-state index in [2.05, 4.69) is 18.7 Å². The molecule has 0 aromatic heterocycles. The van der Waals surface area contributed by atoms with Crippen molar-refractivity contribution in [2.75, 3.05) is 20.7 Å². The van der Waals surface area contributed by atoms with Gasteiger partial charge in [0.05, 0.1) is 7.11 Å². The number of esters is 1. The highest BCUT2D eigenvalue weighted by atomic mass is 16.5. The summed E-state index contributed by atoms with van der Waals surface area (Å²) in [5.41, 5.74) is 5.99. The van der Waals surface area contributed by atoms with Gasteiger partial charge >= 0.3 is 5.97 Å². The Balaban J connectivity index is 3.04. The van der Waals surface area contributed by atoms with Gasteiger partial charge in [0.1, 0.15) is 0 Å². The Morgan fingerprint density at radius 1 is 1.42 bits per heavy atom. The second-order valence-electron chi connectivity index (χ2n) is 5.00. The molecule has 0 saturated heterocycles. The van der Waals surface area contributed by atoms with E-state index in [1.54, 1.807) is 0 Å². The minimum atomic E-state index is -1.13. The molecular weight excluding hydrogens is 240 g/mol. The van der Waals surface area contributed by atoms with Crippen LogP contribution < -0.4 is 5.73 Å². The SMILES string of the molecule is CCC(C)N(C)CC(N)(C(=O)OC)c1ccccc1. The molecular formula is C15H24N2O2. The summed E-state index contributed by atoms with van der Waals surface area (Å²) in [6, 6.07) is 9.74. The lowest BCUT2D eigenvalue weighted by Gasteiger charge is -2.34. The van der Waals surface area contributed by atoms with Gasteiger partial charge in [-0.25, -0.2) is 4.79 Å². The Hall–Kier alpha value is -1.39. The number of hydrogen-bond acceptors (Lipinski definition) is 4. The van der Waals surface area contributed by atoms with Crippen LogP contribution in [-0.4, -0.2) is 37.6 Å². The minimum Gasteiger partial charge on any atom is -0.467 e. The van der Waals surface area contributed by atoms with Gasteiger partial charge in [-0.2, -0.15) is 0 Å². The maximum Gasteiger partial charge on any atom is 0.331 e. The summed E-state index contributed by atoms with van der Waals surface area (Å²) < 4.78 is 4.89. The Bertz CT molecular complexity index is 408. The molecule has 0 bridgehead atoms. The van der Waals surface area contributed by atoms with Crippen molar-refractivity contribution in [1.29, 1.82) is 0 Å². The van der Waals surface area contributed by atoms with E-state index in [0.717, 1.165) is 12.0 Å². The first-order chi connectivity index (χ1) is 8.95. The van der Waals surface area contributed by atoms with Crippen LogP contribution in [0.15, 0.2) is 30.3 Å². The molecule has 0 heterocycles. The zero-order valence-electron chi connectivity index (χ0n) is 12.2. The van der Waals surface area contributed by atoms with Crippen LogP contribution in [0.4, 0.5) is 0 Å². The van der Waals surface area contributed by atoms with E-state index >= 15 is 0 Å². The number of nitrogens with zero attached hydrogens (tertiary/aromatic N) is 1. The maximum atomic E-state index is 12.1. The van der Waals surface area contributed by atoms with Gasteiger partial charge in [-0.05, 0) is 26.0 Å². The predicted molar refractivity (Wildman–Crippen MR) is 76.7 cm³/mol. The van der Waals surface area contributed by atoms with Crippen molar-refractivity contribution in [2.24, 2.45) is 5.73 Å². The maximum absolute atomic E-state index is 12.1. The van der Waals surface area contributed by atoms with Gasteiger partial charge in [-0.1, -0.05) is 37.3 Å². The van der Waals surface area contributed by atoms with Gasteiger partial charge < -0.3 is 15.4 Å². The van der Waals surface area contributed by atoms with Gasteiger partial charge in [-0.15, -0.1) is 0 Å². The number of carbonyl (C=O) groups is 1. The van der Waals surface area contributed by atoms with Crippen molar-refractivity contribution >= 4 is 5.97 Å². The highest BCUT2D eigenvalue weighted by Crippen LogP contribution is 2.22. The van der Waals surface area contributed by atoms with Crippen molar-refractivity contribution in [3.8, 4) is 0 Å². The second-order valence-corrected chi connectivity index (χ2v) is 5.00. The zero-order valence-corrected chi connectivity index (χ0v) is 12.2. The number of hydrogen-bond donors (Lipinski definition) is 1. The topological polar surface area (TPSA) is 55.6 Å². The fourth-order valence-electron chi connectivity index (χ4n) is 2.05. The first-order valence-electron chi connectivity index (χ1n) is 6.58. The summed E-state index contributed by atoms with van der Waals surface area (Å²) in [4.78, 5) is 14.2. The third-order valence-electron chi connectivity index (χ3n) is 3.68. The Morgan fingerprint density at radius 3 is 2.47 bits per heavy atom. The number of methoxy groups -OCH3 is 1. The normalized spacial score (nSPS) is 15.9. The minimum absolute atomic E-state index is 0.358. The highest BCUT2D eigenvalue weighted by Gasteiger charge is 2.38. The molecule has 2 unspecified atom stereocenters. The molecule has 4 heteroatoms. The van der Waals surface area contributed by atoms with Crippen LogP contribution in [0.2, 0.25) is 0 Å². The molecule has 1 aromatic carbocycles. The van der Waals surface area contributed by atoms with Gasteiger partial charge in [0.15, 0.2) is 5.54 Å². The van der Waals surface area contributed by atoms with Crippen LogP contribution in [0.3, 0.4) is 0 Å². The predicted octanol–water partition coefficient (Wildman–Crippen LogP) is 1.74. The van der Waals surface area contributed by atoms with E-state index in [1.807, 2.05) is 37.4 Å². The van der Waals surface area contributed by atoms with Gasteiger partial charge in [0, 0.05) is 12.6 Å². The Labute approximate surface area is 115 Å². The second kappa shape index (κ2) is 6.68. The molecule has 106 valence electrons. The van der Waals surface area contributed by atoms with Crippen molar-refractivity contribution < 1.29 is 9.53 Å². The third-order valence-corrected chi connectivity index (χ3v) is 3.68. The summed E-state index contributed by atoms with van der Waals surface area (Å²) in [6.45, 7) is 4.65. The smallest absolute Gasteiger partial charge is 0.331 e. The number of carbonyl (C=O) groups excluding carboxylic acids is 1. The van der Waals surface area contributed by atoms with E-state index in [4.69, 9.17) is 10.5 Å². The lowest BCUT2D eigenvalue weighted by atomic mass is 9.90. The lowest BCUT2D eigenvalue weighted by molar-refractivity contribution is -0.148. The molecule has 4 nitrogen and oxygen atoms in total. The fourth-order valence-corrected chi connectivity index (χ4v) is 2.05. The highest BCUT2D eigenvalue weighted by molar-refractivity contribution is 5.82. The molecule has 0 saturated carbocycles. The van der Waals surface area contributed by atoms with E-state index in [0.29, 0.717) is 12.6 Å². The van der Waals surface area contributed by atoms with Crippen LogP contribution in [0.25, 0.3) is 0 Å². The first-order valence-corrected chi connectivity index (χ1v) is 6.58. The number of nitrogens with two attached hydrogens (primary N) is 1. The summed E-state index contributed by atoms with van der Waals surface area (Å²) in [6.07, 6.45) is 1.00. The molecule has 0 spiro atoms. The summed E-state index contributed by atoms with van der Waals surface area (Å²) in [5, 5.41) is 0. The number of rotatable bonds is 6. The third kappa shape index (κ3) is 3.55. The van der Waals surface area contributed by atoms with Crippen LogP contribution in [-0.2, 0) is 15.1 Å². The average Bonchev–Trinajstić information content (AvgIpc) is 2.45.